The normalized spacial score (nSPS) is 14.2. The van der Waals surface area contributed by atoms with Gasteiger partial charge in [0, 0.05) is 42.5 Å². The highest BCUT2D eigenvalue weighted by atomic mass is 16.2. The van der Waals surface area contributed by atoms with Crippen LogP contribution >= 0.6 is 0 Å². The van der Waals surface area contributed by atoms with Gasteiger partial charge < -0.3 is 15.1 Å². The van der Waals surface area contributed by atoms with Crippen molar-refractivity contribution in [2.45, 2.75) is 85.2 Å². The molecule has 2 amide bonds. The molecule has 0 radical (unpaired) electrons. The van der Waals surface area contributed by atoms with Gasteiger partial charge in [-0.3, -0.25) is 9.59 Å². The molecular formula is C37H49N3O2. The van der Waals surface area contributed by atoms with Crippen molar-refractivity contribution >= 4 is 17.5 Å². The van der Waals surface area contributed by atoms with Crippen molar-refractivity contribution in [3.63, 3.8) is 0 Å². The van der Waals surface area contributed by atoms with E-state index in [4.69, 9.17) is 0 Å². The fourth-order valence-corrected chi connectivity index (χ4v) is 5.62. The number of benzene rings is 3. The van der Waals surface area contributed by atoms with Crippen LogP contribution in [0.25, 0.3) is 0 Å². The zero-order valence-electron chi connectivity index (χ0n) is 26.1. The molecule has 5 heteroatoms. The van der Waals surface area contributed by atoms with Crippen molar-refractivity contribution < 1.29 is 9.59 Å². The number of carbonyl (C=O) groups excluding carboxylic acids is 2. The van der Waals surface area contributed by atoms with E-state index in [9.17, 15) is 9.59 Å². The number of nitrogens with zero attached hydrogens (tertiary/aromatic N) is 2. The van der Waals surface area contributed by atoms with E-state index in [1.807, 2.05) is 67.6 Å². The Morgan fingerprint density at radius 1 is 0.857 bits per heavy atom. The Morgan fingerprint density at radius 2 is 1.48 bits per heavy atom. The number of nitrogens with one attached hydrogen (secondary N) is 1. The predicted molar refractivity (Wildman–Crippen MR) is 174 cm³/mol. The molecule has 5 nitrogen and oxygen atoms in total. The van der Waals surface area contributed by atoms with E-state index in [0.29, 0.717) is 18.0 Å². The van der Waals surface area contributed by atoms with Crippen molar-refractivity contribution in [3.8, 4) is 0 Å². The summed E-state index contributed by atoms with van der Waals surface area (Å²) in [6.45, 7) is 12.5. The molecule has 0 aliphatic carbocycles. The summed E-state index contributed by atoms with van der Waals surface area (Å²) in [6.07, 6.45) is 7.89. The minimum Gasteiger partial charge on any atom is -0.331 e. The van der Waals surface area contributed by atoms with Crippen LogP contribution in [0.1, 0.15) is 96.7 Å². The molecule has 1 aliphatic rings. The molecule has 1 fully saturated rings. The van der Waals surface area contributed by atoms with Gasteiger partial charge in [0.2, 0.25) is 0 Å². The van der Waals surface area contributed by atoms with E-state index in [1.54, 1.807) is 0 Å². The Morgan fingerprint density at radius 3 is 2.10 bits per heavy atom. The van der Waals surface area contributed by atoms with E-state index in [0.717, 1.165) is 61.3 Å². The Kier molecular flexibility index (Phi) is 11.8. The van der Waals surface area contributed by atoms with Crippen LogP contribution in [0.4, 0.5) is 5.69 Å². The Bertz CT molecular complexity index is 1260. The maximum absolute atomic E-state index is 14.0. The zero-order chi connectivity index (χ0) is 29.9. The third kappa shape index (κ3) is 9.29. The number of hydrogen-bond donors (Lipinski definition) is 1. The third-order valence-corrected chi connectivity index (χ3v) is 8.43. The van der Waals surface area contributed by atoms with Gasteiger partial charge >= 0.3 is 0 Å². The lowest BCUT2D eigenvalue weighted by molar-refractivity contribution is 0.0546. The fraction of sp³-hybridized carbons (Fsp3) is 0.459. The van der Waals surface area contributed by atoms with Gasteiger partial charge in [0.05, 0.1) is 0 Å². The Hall–Kier alpha value is -3.44. The van der Waals surface area contributed by atoms with Crippen molar-refractivity contribution in [1.29, 1.82) is 0 Å². The highest BCUT2D eigenvalue weighted by Crippen LogP contribution is 2.24. The summed E-state index contributed by atoms with van der Waals surface area (Å²) in [7, 11) is 0. The van der Waals surface area contributed by atoms with Crippen LogP contribution < -0.4 is 5.32 Å². The third-order valence-electron chi connectivity index (χ3n) is 8.43. The predicted octanol–water partition coefficient (Wildman–Crippen LogP) is 8.13. The second-order valence-corrected chi connectivity index (χ2v) is 12.4. The number of carbonyl (C=O) groups is 2. The number of anilines is 1. The Balaban J connectivity index is 1.45. The summed E-state index contributed by atoms with van der Waals surface area (Å²) >= 11 is 0. The van der Waals surface area contributed by atoms with Crippen molar-refractivity contribution in [3.05, 3.63) is 101 Å². The molecular weight excluding hydrogens is 518 g/mol. The average Bonchev–Trinajstić information content (AvgIpc) is 3.00. The smallest absolute Gasteiger partial charge is 0.255 e. The molecule has 1 heterocycles. The summed E-state index contributed by atoms with van der Waals surface area (Å²) in [6, 6.07) is 24.0. The molecule has 4 rings (SSSR count). The van der Waals surface area contributed by atoms with Crippen LogP contribution in [0.3, 0.4) is 0 Å². The number of unbranched alkanes of at least 4 members (excludes halogenated alkanes) is 2. The number of aryl methyl sites for hydroxylation is 2. The fourth-order valence-electron chi connectivity index (χ4n) is 5.62. The molecule has 0 spiro atoms. The van der Waals surface area contributed by atoms with E-state index in [2.05, 4.69) is 48.0 Å². The van der Waals surface area contributed by atoms with E-state index in [-0.39, 0.29) is 17.9 Å². The van der Waals surface area contributed by atoms with Crippen LogP contribution in [-0.2, 0) is 13.0 Å². The number of likely N-dealkylation sites (tertiary alicyclic amines) is 1. The molecule has 0 saturated carbocycles. The van der Waals surface area contributed by atoms with Crippen LogP contribution in [0.15, 0.2) is 72.8 Å². The summed E-state index contributed by atoms with van der Waals surface area (Å²) in [4.78, 5) is 31.3. The van der Waals surface area contributed by atoms with Crippen molar-refractivity contribution in [2.24, 2.45) is 5.92 Å². The lowest BCUT2D eigenvalue weighted by Crippen LogP contribution is -2.47. The van der Waals surface area contributed by atoms with Gasteiger partial charge in [-0.1, -0.05) is 75.6 Å². The van der Waals surface area contributed by atoms with E-state index < -0.39 is 0 Å². The molecule has 1 aliphatic heterocycles. The standard InChI is InChI=1S/C37H49N3O2/c1-5-6-7-8-30-11-17-33(18-12-30)37(42)40(35-22-25-39(26-23-35)24-21-28(2)3)27-31-13-19-34(20-14-31)38-36(41)32-15-9-29(4)10-16-32/h9-20,28,35H,5-8,21-27H2,1-4H3,(H,38,41). The summed E-state index contributed by atoms with van der Waals surface area (Å²) < 4.78 is 0. The molecule has 3 aromatic carbocycles. The van der Waals surface area contributed by atoms with E-state index in [1.165, 1.54) is 31.2 Å². The molecule has 0 aromatic heterocycles. The summed E-state index contributed by atoms with van der Waals surface area (Å²) in [5.74, 6) is 0.685. The van der Waals surface area contributed by atoms with Gasteiger partial charge in [-0.15, -0.1) is 0 Å². The lowest BCUT2D eigenvalue weighted by Gasteiger charge is -2.39. The lowest BCUT2D eigenvalue weighted by atomic mass is 9.99. The zero-order valence-corrected chi connectivity index (χ0v) is 26.1. The molecule has 3 aromatic rings. The van der Waals surface area contributed by atoms with Crippen LogP contribution in [-0.4, -0.2) is 47.3 Å². The molecule has 0 bridgehead atoms. The highest BCUT2D eigenvalue weighted by molar-refractivity contribution is 6.04. The number of rotatable bonds is 13. The molecule has 1 saturated heterocycles. The van der Waals surface area contributed by atoms with Gasteiger partial charge in [-0.2, -0.15) is 0 Å². The van der Waals surface area contributed by atoms with Gasteiger partial charge in [-0.25, -0.2) is 0 Å². The van der Waals surface area contributed by atoms with Gasteiger partial charge in [-0.05, 0) is 99.0 Å². The first-order valence-corrected chi connectivity index (χ1v) is 15.9. The highest BCUT2D eigenvalue weighted by Gasteiger charge is 2.29. The average molecular weight is 568 g/mol. The molecule has 224 valence electrons. The van der Waals surface area contributed by atoms with Gasteiger partial charge in [0.1, 0.15) is 0 Å². The second kappa shape index (κ2) is 15.7. The minimum absolute atomic E-state index is 0.104. The number of amides is 2. The van der Waals surface area contributed by atoms with Crippen molar-refractivity contribution in [1.82, 2.24) is 9.80 Å². The Labute approximate surface area is 253 Å². The van der Waals surface area contributed by atoms with E-state index >= 15 is 0 Å². The molecule has 0 unspecified atom stereocenters. The maximum atomic E-state index is 14.0. The maximum Gasteiger partial charge on any atom is 0.255 e. The monoisotopic (exact) mass is 567 g/mol. The topological polar surface area (TPSA) is 52.7 Å². The first-order valence-electron chi connectivity index (χ1n) is 15.9. The van der Waals surface area contributed by atoms with Crippen molar-refractivity contribution in [2.75, 3.05) is 25.0 Å². The van der Waals surface area contributed by atoms with Crippen LogP contribution in [0.5, 0.6) is 0 Å². The van der Waals surface area contributed by atoms with Gasteiger partial charge in [0.15, 0.2) is 0 Å². The van der Waals surface area contributed by atoms with Crippen LogP contribution in [0, 0.1) is 12.8 Å². The number of hydrogen-bond acceptors (Lipinski definition) is 3. The summed E-state index contributed by atoms with van der Waals surface area (Å²) in [5.41, 5.74) is 5.64. The SMILES string of the molecule is CCCCCc1ccc(C(=O)N(Cc2ccc(NC(=O)c3ccc(C)cc3)cc2)C2CCN(CCC(C)C)CC2)cc1. The molecule has 42 heavy (non-hydrogen) atoms. The van der Waals surface area contributed by atoms with Gasteiger partial charge in [0.25, 0.3) is 11.8 Å². The summed E-state index contributed by atoms with van der Waals surface area (Å²) in [5, 5.41) is 2.99. The first-order chi connectivity index (χ1) is 20.3. The number of piperidine rings is 1. The molecule has 1 N–H and O–H groups in total. The molecule has 0 atom stereocenters. The second-order valence-electron chi connectivity index (χ2n) is 12.4. The largest absolute Gasteiger partial charge is 0.331 e. The quantitative estimate of drug-likeness (QED) is 0.212. The first kappa shape index (κ1) is 31.5. The van der Waals surface area contributed by atoms with Crippen LogP contribution in [0.2, 0.25) is 0 Å². The minimum atomic E-state index is -0.123.